The lowest BCUT2D eigenvalue weighted by atomic mass is 10.1. The Labute approximate surface area is 166 Å². The van der Waals surface area contributed by atoms with Crippen LogP contribution in [-0.2, 0) is 11.3 Å². The number of aromatic nitrogens is 2. The fourth-order valence-electron chi connectivity index (χ4n) is 2.78. The summed E-state index contributed by atoms with van der Waals surface area (Å²) in [6, 6.07) is 4.61. The molecule has 1 saturated heterocycles. The molecule has 2 aromatic rings. The molecule has 0 aliphatic carbocycles. The highest BCUT2D eigenvalue weighted by atomic mass is 35.5. The van der Waals surface area contributed by atoms with Crippen LogP contribution in [0.2, 0.25) is 5.02 Å². The largest absolute Gasteiger partial charge is 0.336 e. The van der Waals surface area contributed by atoms with E-state index in [1.54, 1.807) is 22.8 Å². The molecule has 9 heteroatoms. The lowest BCUT2D eigenvalue weighted by molar-refractivity contribution is -0.124. The van der Waals surface area contributed by atoms with Gasteiger partial charge in [-0.25, -0.2) is 9.78 Å². The molecule has 144 valence electrons. The van der Waals surface area contributed by atoms with Crippen molar-refractivity contribution in [2.24, 2.45) is 5.92 Å². The smallest absolute Gasteiger partial charge is 0.324 e. The minimum atomic E-state index is -0.379. The summed E-state index contributed by atoms with van der Waals surface area (Å²) in [6.07, 6.45) is 0.816. The van der Waals surface area contributed by atoms with Gasteiger partial charge in [-0.2, -0.15) is 0 Å². The molecule has 0 atom stereocenters. The van der Waals surface area contributed by atoms with E-state index in [1.807, 2.05) is 0 Å². The van der Waals surface area contributed by atoms with Crippen molar-refractivity contribution in [2.75, 3.05) is 18.8 Å². The first-order chi connectivity index (χ1) is 12.9. The molecule has 3 amide bonds. The second-order valence-electron chi connectivity index (χ2n) is 6.76. The van der Waals surface area contributed by atoms with Crippen molar-refractivity contribution < 1.29 is 9.59 Å². The number of hydrogen-bond donors (Lipinski definition) is 1. The molecule has 0 saturated carbocycles. The van der Waals surface area contributed by atoms with Crippen molar-refractivity contribution in [1.29, 1.82) is 0 Å². The lowest BCUT2D eigenvalue weighted by Crippen LogP contribution is -2.35. The van der Waals surface area contributed by atoms with E-state index in [9.17, 15) is 14.4 Å². The molecule has 7 nitrogen and oxygen atoms in total. The van der Waals surface area contributed by atoms with E-state index < -0.39 is 0 Å². The van der Waals surface area contributed by atoms with Crippen LogP contribution < -0.4 is 10.9 Å². The predicted octanol–water partition coefficient (Wildman–Crippen LogP) is 2.74. The summed E-state index contributed by atoms with van der Waals surface area (Å²) in [4.78, 5) is 42.6. The fourth-order valence-corrected chi connectivity index (χ4v) is 3.85. The Morgan fingerprint density at radius 2 is 2.15 bits per heavy atom. The molecule has 1 aliphatic heterocycles. The molecule has 27 heavy (non-hydrogen) atoms. The van der Waals surface area contributed by atoms with E-state index in [-0.39, 0.29) is 23.3 Å². The van der Waals surface area contributed by atoms with Crippen LogP contribution in [0.3, 0.4) is 0 Å². The van der Waals surface area contributed by atoms with Gasteiger partial charge in [0.2, 0.25) is 5.91 Å². The number of rotatable bonds is 6. The third-order valence-electron chi connectivity index (χ3n) is 4.29. The number of urea groups is 1. The van der Waals surface area contributed by atoms with Crippen LogP contribution in [0.5, 0.6) is 0 Å². The summed E-state index contributed by atoms with van der Waals surface area (Å²) in [7, 11) is 0. The Kier molecular flexibility index (Phi) is 6.06. The van der Waals surface area contributed by atoms with Gasteiger partial charge in [0.25, 0.3) is 5.56 Å². The standard InChI is InChI=1S/C18H21ClN4O3S/c1-11(2)5-7-23-16(25)13-4-3-12(19)9-14(13)21-18(23)27-10-15(24)22-8-6-20-17(22)26/h3-4,9,11H,5-8,10H2,1-2H3,(H,20,26). The van der Waals surface area contributed by atoms with Crippen LogP contribution in [0.25, 0.3) is 10.9 Å². The van der Waals surface area contributed by atoms with Crippen molar-refractivity contribution in [1.82, 2.24) is 19.8 Å². The monoisotopic (exact) mass is 408 g/mol. The Hall–Kier alpha value is -2.06. The van der Waals surface area contributed by atoms with Crippen molar-refractivity contribution in [3.63, 3.8) is 0 Å². The highest BCUT2D eigenvalue weighted by Gasteiger charge is 2.26. The number of imide groups is 1. The van der Waals surface area contributed by atoms with Crippen LogP contribution in [0, 0.1) is 5.92 Å². The first-order valence-corrected chi connectivity index (χ1v) is 10.1. The molecular formula is C18H21ClN4O3S. The zero-order valence-corrected chi connectivity index (χ0v) is 16.8. The third-order valence-corrected chi connectivity index (χ3v) is 5.49. The Bertz CT molecular complexity index is 944. The first kappa shape index (κ1) is 19.7. The van der Waals surface area contributed by atoms with Crippen molar-refractivity contribution in [3.8, 4) is 0 Å². The SMILES string of the molecule is CC(C)CCn1c(SCC(=O)N2CCNC2=O)nc2cc(Cl)ccc2c1=O. The normalized spacial score (nSPS) is 14.2. The minimum absolute atomic E-state index is 0.0353. The summed E-state index contributed by atoms with van der Waals surface area (Å²) in [5.41, 5.74) is 0.355. The summed E-state index contributed by atoms with van der Waals surface area (Å²) >= 11 is 7.20. The van der Waals surface area contributed by atoms with Crippen LogP contribution in [0.15, 0.2) is 28.2 Å². The number of hydrogen-bond acceptors (Lipinski definition) is 5. The zero-order chi connectivity index (χ0) is 19.6. The maximum absolute atomic E-state index is 12.9. The fraction of sp³-hybridized carbons (Fsp3) is 0.444. The minimum Gasteiger partial charge on any atom is -0.336 e. The highest BCUT2D eigenvalue weighted by Crippen LogP contribution is 2.22. The van der Waals surface area contributed by atoms with Crippen molar-refractivity contribution in [2.45, 2.75) is 32.0 Å². The van der Waals surface area contributed by atoms with E-state index in [2.05, 4.69) is 24.1 Å². The molecule has 1 aromatic carbocycles. The number of thioether (sulfide) groups is 1. The molecule has 0 radical (unpaired) electrons. The third kappa shape index (κ3) is 4.44. The van der Waals surface area contributed by atoms with Gasteiger partial charge in [-0.05, 0) is 30.5 Å². The van der Waals surface area contributed by atoms with E-state index in [0.717, 1.165) is 6.42 Å². The number of nitrogens with one attached hydrogen (secondary N) is 1. The summed E-state index contributed by atoms with van der Waals surface area (Å²) in [5.74, 6) is 0.157. The van der Waals surface area contributed by atoms with E-state index in [0.29, 0.717) is 46.6 Å². The second-order valence-corrected chi connectivity index (χ2v) is 8.14. The zero-order valence-electron chi connectivity index (χ0n) is 15.2. The van der Waals surface area contributed by atoms with Gasteiger partial charge in [0.05, 0.1) is 16.7 Å². The Morgan fingerprint density at radius 3 is 2.81 bits per heavy atom. The lowest BCUT2D eigenvalue weighted by Gasteiger charge is -2.15. The average Bonchev–Trinajstić information content (AvgIpc) is 3.04. The van der Waals surface area contributed by atoms with Gasteiger partial charge in [-0.1, -0.05) is 37.2 Å². The number of amides is 3. The number of benzene rings is 1. The van der Waals surface area contributed by atoms with Gasteiger partial charge in [-0.3, -0.25) is 19.1 Å². The predicted molar refractivity (Wildman–Crippen MR) is 106 cm³/mol. The second kappa shape index (κ2) is 8.31. The van der Waals surface area contributed by atoms with E-state index in [1.165, 1.54) is 16.7 Å². The summed E-state index contributed by atoms with van der Waals surface area (Å²) < 4.78 is 1.61. The van der Waals surface area contributed by atoms with Crippen LogP contribution in [-0.4, -0.2) is 45.2 Å². The number of carbonyl (C=O) groups is 2. The van der Waals surface area contributed by atoms with Crippen LogP contribution in [0.1, 0.15) is 20.3 Å². The van der Waals surface area contributed by atoms with Crippen LogP contribution in [0.4, 0.5) is 4.79 Å². The molecule has 1 aliphatic rings. The van der Waals surface area contributed by atoms with Crippen molar-refractivity contribution >= 4 is 46.2 Å². The molecule has 0 bridgehead atoms. The average molecular weight is 409 g/mol. The Morgan fingerprint density at radius 1 is 1.37 bits per heavy atom. The number of fused-ring (bicyclic) bond motifs is 1. The first-order valence-electron chi connectivity index (χ1n) is 8.78. The summed E-state index contributed by atoms with van der Waals surface area (Å²) in [5, 5.41) is 4.06. The van der Waals surface area contributed by atoms with Gasteiger partial charge < -0.3 is 5.32 Å². The van der Waals surface area contributed by atoms with Gasteiger partial charge in [0.15, 0.2) is 5.16 Å². The topological polar surface area (TPSA) is 84.3 Å². The summed E-state index contributed by atoms with van der Waals surface area (Å²) in [6.45, 7) is 5.51. The highest BCUT2D eigenvalue weighted by molar-refractivity contribution is 7.99. The van der Waals surface area contributed by atoms with E-state index >= 15 is 0 Å². The maximum Gasteiger partial charge on any atom is 0.324 e. The molecule has 0 spiro atoms. The van der Waals surface area contributed by atoms with Crippen molar-refractivity contribution in [3.05, 3.63) is 33.6 Å². The number of carbonyl (C=O) groups excluding carboxylic acids is 2. The molecule has 1 fully saturated rings. The molecule has 1 N–H and O–H groups in total. The van der Waals surface area contributed by atoms with Gasteiger partial charge in [0.1, 0.15) is 0 Å². The van der Waals surface area contributed by atoms with Gasteiger partial charge in [-0.15, -0.1) is 0 Å². The molecule has 3 rings (SSSR count). The molecule has 2 heterocycles. The molecule has 0 unspecified atom stereocenters. The quantitative estimate of drug-likeness (QED) is 0.586. The van der Waals surface area contributed by atoms with E-state index in [4.69, 9.17) is 11.6 Å². The molecule has 1 aromatic heterocycles. The molecular weight excluding hydrogens is 388 g/mol. The number of nitrogens with zero attached hydrogens (tertiary/aromatic N) is 3. The number of halogens is 1. The Balaban J connectivity index is 1.91. The van der Waals surface area contributed by atoms with Crippen LogP contribution >= 0.6 is 23.4 Å². The van der Waals surface area contributed by atoms with Gasteiger partial charge in [0, 0.05) is 24.7 Å². The van der Waals surface area contributed by atoms with Gasteiger partial charge >= 0.3 is 6.03 Å². The maximum atomic E-state index is 12.9.